The highest BCUT2D eigenvalue weighted by Gasteiger charge is 2.20. The summed E-state index contributed by atoms with van der Waals surface area (Å²) in [6.45, 7) is 3.68. The van der Waals surface area contributed by atoms with E-state index in [1.165, 1.54) is 6.42 Å². The summed E-state index contributed by atoms with van der Waals surface area (Å²) in [7, 11) is 0. The second kappa shape index (κ2) is 7.69. The number of piperidine rings is 1. The molecular weight excluding hydrogens is 344 g/mol. The fourth-order valence-electron chi connectivity index (χ4n) is 3.21. The van der Waals surface area contributed by atoms with E-state index in [2.05, 4.69) is 27.0 Å². The van der Waals surface area contributed by atoms with Gasteiger partial charge in [0.2, 0.25) is 0 Å². The van der Waals surface area contributed by atoms with Crippen molar-refractivity contribution in [3.05, 3.63) is 42.4 Å². The number of rotatable bonds is 5. The van der Waals surface area contributed by atoms with Crippen LogP contribution in [0.15, 0.2) is 35.4 Å². The van der Waals surface area contributed by atoms with Gasteiger partial charge in [-0.3, -0.25) is 9.36 Å². The molecule has 4 rings (SSSR count). The molecular formula is C19H22N6O2. The average Bonchev–Trinajstić information content (AvgIpc) is 3.39. The van der Waals surface area contributed by atoms with Gasteiger partial charge in [0.15, 0.2) is 5.82 Å². The number of pyridine rings is 1. The molecule has 140 valence electrons. The molecule has 8 nitrogen and oxygen atoms in total. The molecule has 1 aliphatic heterocycles. The number of imidazole rings is 1. The van der Waals surface area contributed by atoms with E-state index in [1.54, 1.807) is 23.3 Å². The molecule has 1 amide bonds. The minimum atomic E-state index is -0.0225. The summed E-state index contributed by atoms with van der Waals surface area (Å²) >= 11 is 0. The van der Waals surface area contributed by atoms with Crippen LogP contribution in [0.25, 0.3) is 17.3 Å². The topological polar surface area (TPSA) is 89.9 Å². The van der Waals surface area contributed by atoms with E-state index in [4.69, 9.17) is 4.52 Å². The summed E-state index contributed by atoms with van der Waals surface area (Å²) in [6, 6.07) is 3.67. The zero-order valence-electron chi connectivity index (χ0n) is 15.3. The van der Waals surface area contributed by atoms with Crippen molar-refractivity contribution >= 4 is 5.91 Å². The number of amides is 1. The summed E-state index contributed by atoms with van der Waals surface area (Å²) in [6.07, 6.45) is 10.1. The quantitative estimate of drug-likeness (QED) is 0.690. The van der Waals surface area contributed by atoms with Crippen LogP contribution < -0.4 is 0 Å². The third-order valence-electron chi connectivity index (χ3n) is 4.64. The van der Waals surface area contributed by atoms with Crippen LogP contribution in [0.1, 0.15) is 48.9 Å². The Morgan fingerprint density at radius 3 is 2.89 bits per heavy atom. The molecule has 8 heteroatoms. The minimum Gasteiger partial charge on any atom is -0.337 e. The number of nitrogens with zero attached hydrogens (tertiary/aromatic N) is 6. The Morgan fingerprint density at radius 2 is 2.07 bits per heavy atom. The van der Waals surface area contributed by atoms with Gasteiger partial charge < -0.3 is 9.42 Å². The Hall–Kier alpha value is -3.03. The zero-order chi connectivity index (χ0) is 18.6. The van der Waals surface area contributed by atoms with Crippen LogP contribution in [-0.2, 0) is 6.42 Å². The van der Waals surface area contributed by atoms with Gasteiger partial charge in [-0.15, -0.1) is 0 Å². The summed E-state index contributed by atoms with van der Waals surface area (Å²) in [5, 5.41) is 3.99. The fourth-order valence-corrected chi connectivity index (χ4v) is 3.21. The monoisotopic (exact) mass is 366 g/mol. The Kier molecular flexibility index (Phi) is 4.95. The van der Waals surface area contributed by atoms with Gasteiger partial charge >= 0.3 is 0 Å². The van der Waals surface area contributed by atoms with Crippen molar-refractivity contribution in [1.29, 1.82) is 0 Å². The molecule has 1 aliphatic rings. The molecule has 27 heavy (non-hydrogen) atoms. The molecule has 0 aliphatic carbocycles. The van der Waals surface area contributed by atoms with Crippen LogP contribution in [0, 0.1) is 0 Å². The third-order valence-corrected chi connectivity index (χ3v) is 4.64. The van der Waals surface area contributed by atoms with Gasteiger partial charge in [-0.25, -0.2) is 9.97 Å². The van der Waals surface area contributed by atoms with Gasteiger partial charge in [0.05, 0.1) is 0 Å². The minimum absolute atomic E-state index is 0.0225. The maximum absolute atomic E-state index is 12.6. The number of hydrogen-bond acceptors (Lipinski definition) is 6. The second-order valence-corrected chi connectivity index (χ2v) is 6.69. The highest BCUT2D eigenvalue weighted by atomic mass is 16.5. The highest BCUT2D eigenvalue weighted by Crippen LogP contribution is 2.20. The number of likely N-dealkylation sites (tertiary alicyclic amines) is 1. The standard InChI is InChI=1S/C19H22N6O2/c1-2-6-16-22-18(27-23-16)14-7-8-20-17(11-14)25-12-15(21-13-25)19(26)24-9-4-3-5-10-24/h7-8,11-13H,2-6,9-10H2,1H3. The molecule has 3 aromatic heterocycles. The number of carbonyl (C=O) groups excluding carboxylic acids is 1. The van der Waals surface area contributed by atoms with E-state index >= 15 is 0 Å². The van der Waals surface area contributed by atoms with E-state index in [-0.39, 0.29) is 5.91 Å². The van der Waals surface area contributed by atoms with Crippen LogP contribution >= 0.6 is 0 Å². The second-order valence-electron chi connectivity index (χ2n) is 6.69. The van der Waals surface area contributed by atoms with E-state index in [0.717, 1.165) is 44.3 Å². The van der Waals surface area contributed by atoms with Crippen LogP contribution in [0.4, 0.5) is 0 Å². The van der Waals surface area contributed by atoms with E-state index in [1.807, 2.05) is 17.0 Å². The van der Waals surface area contributed by atoms with Crippen molar-refractivity contribution in [1.82, 2.24) is 29.6 Å². The van der Waals surface area contributed by atoms with Crippen molar-refractivity contribution in [3.63, 3.8) is 0 Å². The molecule has 0 saturated carbocycles. The fraction of sp³-hybridized carbons (Fsp3) is 0.421. The first-order chi connectivity index (χ1) is 13.2. The molecule has 3 aromatic rings. The van der Waals surface area contributed by atoms with E-state index in [0.29, 0.717) is 23.2 Å². The highest BCUT2D eigenvalue weighted by molar-refractivity contribution is 5.92. The maximum Gasteiger partial charge on any atom is 0.274 e. The van der Waals surface area contributed by atoms with Crippen LogP contribution in [0.3, 0.4) is 0 Å². The van der Waals surface area contributed by atoms with Crippen molar-refractivity contribution in [2.75, 3.05) is 13.1 Å². The molecule has 0 radical (unpaired) electrons. The smallest absolute Gasteiger partial charge is 0.274 e. The lowest BCUT2D eigenvalue weighted by molar-refractivity contribution is 0.0719. The first kappa shape index (κ1) is 17.4. The molecule has 0 aromatic carbocycles. The van der Waals surface area contributed by atoms with Gasteiger partial charge in [0, 0.05) is 37.5 Å². The number of aromatic nitrogens is 5. The molecule has 1 fully saturated rings. The summed E-state index contributed by atoms with van der Waals surface area (Å²) in [4.78, 5) is 27.5. The first-order valence-electron chi connectivity index (χ1n) is 9.37. The predicted molar refractivity (Wildman–Crippen MR) is 98.4 cm³/mol. The first-order valence-corrected chi connectivity index (χ1v) is 9.37. The third kappa shape index (κ3) is 3.74. The summed E-state index contributed by atoms with van der Waals surface area (Å²) in [5.41, 5.74) is 1.22. The SMILES string of the molecule is CCCc1noc(-c2ccnc(-n3cnc(C(=O)N4CCCCC4)c3)c2)n1. The number of hydrogen-bond donors (Lipinski definition) is 0. The molecule has 0 N–H and O–H groups in total. The lowest BCUT2D eigenvalue weighted by Gasteiger charge is -2.25. The Balaban J connectivity index is 1.55. The van der Waals surface area contributed by atoms with Crippen molar-refractivity contribution in [3.8, 4) is 17.3 Å². The molecule has 4 heterocycles. The van der Waals surface area contributed by atoms with E-state index < -0.39 is 0 Å². The number of carbonyl (C=O) groups is 1. The molecule has 0 atom stereocenters. The lowest BCUT2D eigenvalue weighted by Crippen LogP contribution is -2.35. The summed E-state index contributed by atoms with van der Waals surface area (Å²) < 4.78 is 7.08. The average molecular weight is 366 g/mol. The van der Waals surface area contributed by atoms with Crippen LogP contribution in [-0.4, -0.2) is 48.6 Å². The lowest BCUT2D eigenvalue weighted by atomic mass is 10.1. The van der Waals surface area contributed by atoms with Gasteiger partial charge in [-0.1, -0.05) is 12.1 Å². The largest absolute Gasteiger partial charge is 0.337 e. The van der Waals surface area contributed by atoms with E-state index in [9.17, 15) is 4.79 Å². The van der Waals surface area contributed by atoms with Crippen molar-refractivity contribution in [2.45, 2.75) is 39.0 Å². The van der Waals surface area contributed by atoms with Crippen LogP contribution in [0.2, 0.25) is 0 Å². The molecule has 1 saturated heterocycles. The van der Waals surface area contributed by atoms with Gasteiger partial charge in [0.25, 0.3) is 11.8 Å². The Labute approximate surface area is 157 Å². The Bertz CT molecular complexity index is 926. The zero-order valence-corrected chi connectivity index (χ0v) is 15.3. The summed E-state index contributed by atoms with van der Waals surface area (Å²) in [5.74, 6) is 1.79. The molecule has 0 unspecified atom stereocenters. The van der Waals surface area contributed by atoms with Gasteiger partial charge in [-0.05, 0) is 37.8 Å². The van der Waals surface area contributed by atoms with Crippen LogP contribution in [0.5, 0.6) is 0 Å². The van der Waals surface area contributed by atoms with Crippen molar-refractivity contribution in [2.24, 2.45) is 0 Å². The number of aryl methyl sites for hydroxylation is 1. The Morgan fingerprint density at radius 1 is 1.22 bits per heavy atom. The normalized spacial score (nSPS) is 14.5. The molecule has 0 bridgehead atoms. The maximum atomic E-state index is 12.6. The predicted octanol–water partition coefficient (Wildman–Crippen LogP) is 2.90. The molecule has 0 spiro atoms. The van der Waals surface area contributed by atoms with Crippen molar-refractivity contribution < 1.29 is 9.32 Å². The van der Waals surface area contributed by atoms with Gasteiger partial charge in [-0.2, -0.15) is 4.98 Å². The van der Waals surface area contributed by atoms with Gasteiger partial charge in [0.1, 0.15) is 17.8 Å².